The van der Waals surface area contributed by atoms with E-state index in [1.807, 2.05) is 24.3 Å². The van der Waals surface area contributed by atoms with Crippen LogP contribution in [-0.2, 0) is 16.6 Å². The average molecular weight is 586 g/mol. The number of pyridine rings is 1. The lowest BCUT2D eigenvalue weighted by molar-refractivity contribution is -0.115. The molecule has 0 amide bonds. The Morgan fingerprint density at radius 3 is 2.44 bits per heavy atom. The van der Waals surface area contributed by atoms with Crippen molar-refractivity contribution in [1.29, 1.82) is 0 Å². The Hall–Kier alpha value is -4.83. The molecule has 0 aliphatic carbocycles. The molecule has 0 spiro atoms. The number of methoxy groups -OCH3 is 1. The third-order valence-electron chi connectivity index (χ3n) is 5.83. The Kier molecular flexibility index (Phi) is 7.42. The second-order valence-corrected chi connectivity index (χ2v) is 10.2. The molecule has 5 rings (SSSR count). The van der Waals surface area contributed by atoms with Gasteiger partial charge in [0.2, 0.25) is 16.0 Å². The van der Waals surface area contributed by atoms with Gasteiger partial charge in [-0.2, -0.15) is 23.3 Å². The molecule has 5 aromatic rings. The SMILES string of the molecule is COc1ccc(-c2ccc3nc(NCc4ccc(-n5cncn5)cc4)nc(NCC(F)(F)F)c3n2)cc1S(N)(=O)=O. The minimum absolute atomic E-state index is 0.0386. The highest BCUT2D eigenvalue weighted by Crippen LogP contribution is 2.31. The Labute approximate surface area is 231 Å². The number of anilines is 2. The molecule has 16 heteroatoms. The first kappa shape index (κ1) is 27.7. The molecular formula is C25H22F3N9O3S. The molecule has 3 heterocycles. The van der Waals surface area contributed by atoms with E-state index in [1.54, 1.807) is 29.2 Å². The first-order valence-electron chi connectivity index (χ1n) is 11.9. The molecule has 0 radical (unpaired) electrons. The zero-order valence-corrected chi connectivity index (χ0v) is 22.1. The summed E-state index contributed by atoms with van der Waals surface area (Å²) in [5.41, 5.74) is 2.59. The van der Waals surface area contributed by atoms with Gasteiger partial charge in [0.25, 0.3) is 0 Å². The van der Waals surface area contributed by atoms with E-state index in [0.29, 0.717) is 5.56 Å². The second kappa shape index (κ2) is 11.0. The minimum Gasteiger partial charge on any atom is -0.495 e. The number of ether oxygens (including phenoxy) is 1. The molecule has 212 valence electrons. The van der Waals surface area contributed by atoms with Crippen LogP contribution in [0, 0.1) is 0 Å². The summed E-state index contributed by atoms with van der Waals surface area (Å²) >= 11 is 0. The maximum absolute atomic E-state index is 13.1. The Bertz CT molecular complexity index is 1800. The highest BCUT2D eigenvalue weighted by atomic mass is 32.2. The monoisotopic (exact) mass is 585 g/mol. The first-order chi connectivity index (χ1) is 19.5. The van der Waals surface area contributed by atoms with Crippen LogP contribution in [0.1, 0.15) is 5.56 Å². The maximum Gasteiger partial charge on any atom is 0.405 e. The second-order valence-electron chi connectivity index (χ2n) is 8.70. The van der Waals surface area contributed by atoms with Gasteiger partial charge >= 0.3 is 6.18 Å². The molecule has 0 saturated heterocycles. The molecule has 0 unspecified atom stereocenters. The van der Waals surface area contributed by atoms with Crippen molar-refractivity contribution in [2.24, 2.45) is 5.14 Å². The van der Waals surface area contributed by atoms with E-state index < -0.39 is 22.7 Å². The number of nitrogens with zero attached hydrogens (tertiary/aromatic N) is 6. The van der Waals surface area contributed by atoms with Crippen LogP contribution in [-0.4, -0.2) is 58.0 Å². The predicted octanol–water partition coefficient (Wildman–Crippen LogP) is 3.51. The van der Waals surface area contributed by atoms with Gasteiger partial charge in [-0.3, -0.25) is 0 Å². The summed E-state index contributed by atoms with van der Waals surface area (Å²) in [5, 5.41) is 14.7. The van der Waals surface area contributed by atoms with E-state index in [-0.39, 0.29) is 45.7 Å². The maximum atomic E-state index is 13.1. The highest BCUT2D eigenvalue weighted by Gasteiger charge is 2.27. The third kappa shape index (κ3) is 6.50. The number of benzene rings is 2. The smallest absolute Gasteiger partial charge is 0.405 e. The molecular weight excluding hydrogens is 563 g/mol. The number of nitrogens with two attached hydrogens (primary N) is 1. The van der Waals surface area contributed by atoms with E-state index >= 15 is 0 Å². The third-order valence-corrected chi connectivity index (χ3v) is 6.77. The molecule has 2 aromatic carbocycles. The molecule has 0 aliphatic rings. The van der Waals surface area contributed by atoms with Crippen LogP contribution < -0.4 is 20.5 Å². The van der Waals surface area contributed by atoms with Gasteiger partial charge in [0.05, 0.1) is 24.0 Å². The largest absolute Gasteiger partial charge is 0.495 e. The average Bonchev–Trinajstić information content (AvgIpc) is 3.49. The number of hydrogen-bond acceptors (Lipinski definition) is 10. The number of nitrogens with one attached hydrogen (secondary N) is 2. The number of rotatable bonds is 9. The lowest BCUT2D eigenvalue weighted by Gasteiger charge is -2.14. The fourth-order valence-electron chi connectivity index (χ4n) is 3.91. The summed E-state index contributed by atoms with van der Waals surface area (Å²) in [6.45, 7) is -1.07. The van der Waals surface area contributed by atoms with Crippen LogP contribution in [0.25, 0.3) is 28.0 Å². The number of alkyl halides is 3. The van der Waals surface area contributed by atoms with Crippen LogP contribution in [0.2, 0.25) is 0 Å². The van der Waals surface area contributed by atoms with Crippen molar-refractivity contribution in [3.05, 3.63) is 72.8 Å². The standard InChI is InChI=1S/C25H22F3N9O3S/c1-40-20-9-4-16(10-21(20)41(29,38)39)18-7-8-19-22(34-18)23(32-12-25(26,27)28)36-24(35-19)31-11-15-2-5-17(6-3-15)37-14-30-13-33-37/h2-10,13-14H,11-12H2,1H3,(H2,29,38,39)(H2,31,32,35,36). The van der Waals surface area contributed by atoms with E-state index in [9.17, 15) is 21.6 Å². The van der Waals surface area contributed by atoms with Gasteiger partial charge in [-0.15, -0.1) is 0 Å². The summed E-state index contributed by atoms with van der Waals surface area (Å²) in [6.07, 6.45) is -1.53. The summed E-state index contributed by atoms with van der Waals surface area (Å²) in [6, 6.07) is 14.7. The van der Waals surface area contributed by atoms with Crippen molar-refractivity contribution in [3.63, 3.8) is 0 Å². The number of hydrogen-bond donors (Lipinski definition) is 3. The molecule has 41 heavy (non-hydrogen) atoms. The molecule has 0 saturated carbocycles. The Morgan fingerprint density at radius 2 is 1.78 bits per heavy atom. The quantitative estimate of drug-likeness (QED) is 0.233. The zero-order valence-electron chi connectivity index (χ0n) is 21.3. The van der Waals surface area contributed by atoms with Gasteiger partial charge in [0, 0.05) is 12.1 Å². The van der Waals surface area contributed by atoms with Crippen LogP contribution in [0.5, 0.6) is 5.75 Å². The molecule has 12 nitrogen and oxygen atoms in total. The fraction of sp³-hybridized carbons (Fsp3) is 0.160. The number of primary sulfonamides is 1. The van der Waals surface area contributed by atoms with Crippen LogP contribution in [0.3, 0.4) is 0 Å². The first-order valence-corrected chi connectivity index (χ1v) is 13.4. The van der Waals surface area contributed by atoms with Gasteiger partial charge < -0.3 is 15.4 Å². The lowest BCUT2D eigenvalue weighted by Crippen LogP contribution is -2.22. The summed E-state index contributed by atoms with van der Waals surface area (Å²) in [5.74, 6) is -0.0342. The molecule has 0 atom stereocenters. The summed E-state index contributed by atoms with van der Waals surface area (Å²) in [4.78, 5) is 16.7. The van der Waals surface area contributed by atoms with Gasteiger partial charge in [-0.25, -0.2) is 33.2 Å². The van der Waals surface area contributed by atoms with Gasteiger partial charge in [-0.05, 0) is 48.0 Å². The van der Waals surface area contributed by atoms with Crippen LogP contribution >= 0.6 is 0 Å². The van der Waals surface area contributed by atoms with Crippen molar-refractivity contribution in [1.82, 2.24) is 29.7 Å². The summed E-state index contributed by atoms with van der Waals surface area (Å²) in [7, 11) is -2.83. The fourth-order valence-corrected chi connectivity index (χ4v) is 4.63. The van der Waals surface area contributed by atoms with E-state index in [4.69, 9.17) is 9.88 Å². The van der Waals surface area contributed by atoms with Crippen LogP contribution in [0.15, 0.2) is 72.1 Å². The minimum atomic E-state index is -4.52. The van der Waals surface area contributed by atoms with E-state index in [2.05, 4.69) is 35.7 Å². The topological polar surface area (TPSA) is 163 Å². The molecule has 4 N–H and O–H groups in total. The number of aromatic nitrogens is 6. The van der Waals surface area contributed by atoms with E-state index in [1.165, 1.54) is 25.6 Å². The van der Waals surface area contributed by atoms with Crippen molar-refractivity contribution >= 4 is 32.8 Å². The predicted molar refractivity (Wildman–Crippen MR) is 144 cm³/mol. The van der Waals surface area contributed by atoms with Crippen molar-refractivity contribution in [2.45, 2.75) is 17.6 Å². The van der Waals surface area contributed by atoms with Crippen molar-refractivity contribution < 1.29 is 26.3 Å². The molecule has 0 bridgehead atoms. The number of fused-ring (bicyclic) bond motifs is 1. The molecule has 0 aliphatic heterocycles. The van der Waals surface area contributed by atoms with E-state index in [0.717, 1.165) is 11.3 Å². The normalized spacial score (nSPS) is 11.9. The Balaban J connectivity index is 1.47. The van der Waals surface area contributed by atoms with Crippen molar-refractivity contribution in [2.75, 3.05) is 24.3 Å². The van der Waals surface area contributed by atoms with Gasteiger partial charge in [-0.1, -0.05) is 12.1 Å². The lowest BCUT2D eigenvalue weighted by atomic mass is 10.1. The number of halogens is 3. The molecule has 3 aromatic heterocycles. The van der Waals surface area contributed by atoms with Gasteiger partial charge in [0.1, 0.15) is 35.4 Å². The Morgan fingerprint density at radius 1 is 1.00 bits per heavy atom. The van der Waals surface area contributed by atoms with Crippen LogP contribution in [0.4, 0.5) is 24.9 Å². The summed E-state index contributed by atoms with van der Waals surface area (Å²) < 4.78 is 70.0. The zero-order chi connectivity index (χ0) is 29.2. The molecule has 0 fully saturated rings. The van der Waals surface area contributed by atoms with Crippen molar-refractivity contribution in [3.8, 4) is 22.7 Å². The highest BCUT2D eigenvalue weighted by molar-refractivity contribution is 7.89. The van der Waals surface area contributed by atoms with Gasteiger partial charge in [0.15, 0.2) is 5.82 Å². The number of sulfonamides is 1.